The second-order valence-corrected chi connectivity index (χ2v) is 7.37. The molecule has 3 aromatic rings. The molecule has 3 nitrogen and oxygen atoms in total. The van der Waals surface area contributed by atoms with Crippen molar-refractivity contribution in [3.63, 3.8) is 0 Å². The summed E-state index contributed by atoms with van der Waals surface area (Å²) in [5, 5.41) is 6.64. The summed E-state index contributed by atoms with van der Waals surface area (Å²) in [5.74, 6) is -0.229. The highest BCUT2D eigenvalue weighted by Gasteiger charge is 2.33. The Balaban J connectivity index is 1.32. The summed E-state index contributed by atoms with van der Waals surface area (Å²) in [6.45, 7) is 3.64. The average molecular weight is 371 g/mol. The van der Waals surface area contributed by atoms with E-state index in [1.807, 2.05) is 6.07 Å². The predicted molar refractivity (Wildman–Crippen MR) is 111 cm³/mol. The molecule has 5 rings (SSSR count). The van der Waals surface area contributed by atoms with Crippen LogP contribution in [0.2, 0.25) is 0 Å². The average Bonchev–Trinajstić information content (AvgIpc) is 3.07. The van der Waals surface area contributed by atoms with Gasteiger partial charge in [0.1, 0.15) is 5.82 Å². The third-order valence-electron chi connectivity index (χ3n) is 5.68. The molecule has 0 saturated carbocycles. The summed E-state index contributed by atoms with van der Waals surface area (Å²) in [5.41, 5.74) is 6.31. The summed E-state index contributed by atoms with van der Waals surface area (Å²) in [6, 6.07) is 24.4. The monoisotopic (exact) mass is 371 g/mol. The van der Waals surface area contributed by atoms with E-state index in [0.29, 0.717) is 6.04 Å². The van der Waals surface area contributed by atoms with Gasteiger partial charge in [0.05, 0.1) is 12.3 Å². The first-order valence-electron chi connectivity index (χ1n) is 9.76. The Kier molecular flexibility index (Phi) is 4.41. The Labute approximate surface area is 164 Å². The fourth-order valence-electron chi connectivity index (χ4n) is 4.34. The van der Waals surface area contributed by atoms with Crippen molar-refractivity contribution >= 4 is 6.21 Å². The van der Waals surface area contributed by atoms with Gasteiger partial charge in [-0.3, -0.25) is 9.91 Å². The summed E-state index contributed by atoms with van der Waals surface area (Å²) >= 11 is 0. The number of halogens is 1. The number of hydrogen-bond donors (Lipinski definition) is 0. The molecule has 0 radical (unpaired) electrons. The van der Waals surface area contributed by atoms with Crippen molar-refractivity contribution in [2.45, 2.75) is 6.04 Å². The topological polar surface area (TPSA) is 18.8 Å². The Morgan fingerprint density at radius 2 is 1.43 bits per heavy atom. The van der Waals surface area contributed by atoms with Gasteiger partial charge in [0.25, 0.3) is 0 Å². The first-order chi connectivity index (χ1) is 13.8. The number of benzene rings is 3. The van der Waals surface area contributed by atoms with Crippen LogP contribution in [0.5, 0.6) is 0 Å². The molecule has 0 bridgehead atoms. The lowest BCUT2D eigenvalue weighted by Gasteiger charge is -2.37. The molecule has 28 heavy (non-hydrogen) atoms. The van der Waals surface area contributed by atoms with Crippen molar-refractivity contribution in [1.82, 2.24) is 9.91 Å². The maximum atomic E-state index is 13.3. The first kappa shape index (κ1) is 17.1. The lowest BCUT2D eigenvalue weighted by Crippen LogP contribution is -2.45. The van der Waals surface area contributed by atoms with Crippen LogP contribution in [0.4, 0.5) is 4.39 Å². The smallest absolute Gasteiger partial charge is 0.123 e. The van der Waals surface area contributed by atoms with Crippen molar-refractivity contribution in [2.75, 3.05) is 26.2 Å². The number of fused-ring (bicyclic) bond motifs is 3. The fraction of sp³-hybridized carbons (Fsp3) is 0.208. The SMILES string of the molecule is Fc1cccc(C=NN2CCN(C3c4ccccc4-c4ccccc43)CC2)c1. The minimum absolute atomic E-state index is 0.229. The molecule has 140 valence electrons. The van der Waals surface area contributed by atoms with E-state index in [1.165, 1.54) is 34.4 Å². The van der Waals surface area contributed by atoms with Crippen LogP contribution in [0.15, 0.2) is 77.9 Å². The molecule has 1 heterocycles. The predicted octanol–water partition coefficient (Wildman–Crippen LogP) is 4.55. The molecule has 0 spiro atoms. The number of rotatable bonds is 3. The van der Waals surface area contributed by atoms with E-state index in [-0.39, 0.29) is 5.82 Å². The second kappa shape index (κ2) is 7.21. The van der Waals surface area contributed by atoms with Crippen LogP contribution in [0.3, 0.4) is 0 Å². The number of nitrogens with zero attached hydrogens (tertiary/aromatic N) is 3. The van der Waals surface area contributed by atoms with E-state index >= 15 is 0 Å². The third kappa shape index (κ3) is 3.10. The lowest BCUT2D eigenvalue weighted by molar-refractivity contribution is 0.114. The van der Waals surface area contributed by atoms with Crippen LogP contribution < -0.4 is 0 Å². The Bertz CT molecular complexity index is 976. The van der Waals surface area contributed by atoms with Crippen LogP contribution >= 0.6 is 0 Å². The van der Waals surface area contributed by atoms with Gasteiger partial charge >= 0.3 is 0 Å². The number of hydrogen-bond acceptors (Lipinski definition) is 3. The highest BCUT2D eigenvalue weighted by atomic mass is 19.1. The van der Waals surface area contributed by atoms with E-state index in [0.717, 1.165) is 31.7 Å². The summed E-state index contributed by atoms with van der Waals surface area (Å²) in [7, 11) is 0. The van der Waals surface area contributed by atoms with Crippen LogP contribution in [-0.2, 0) is 0 Å². The molecule has 0 unspecified atom stereocenters. The largest absolute Gasteiger partial charge is 0.294 e. The maximum absolute atomic E-state index is 13.3. The van der Waals surface area contributed by atoms with Crippen molar-refractivity contribution in [1.29, 1.82) is 0 Å². The zero-order valence-corrected chi connectivity index (χ0v) is 15.6. The molecule has 1 aliphatic heterocycles. The van der Waals surface area contributed by atoms with Gasteiger partial charge in [-0.05, 0) is 39.9 Å². The van der Waals surface area contributed by atoms with Crippen molar-refractivity contribution < 1.29 is 4.39 Å². The van der Waals surface area contributed by atoms with Gasteiger partial charge in [0.2, 0.25) is 0 Å². The van der Waals surface area contributed by atoms with Gasteiger partial charge in [-0.1, -0.05) is 60.7 Å². The van der Waals surface area contributed by atoms with Crippen LogP contribution in [0.25, 0.3) is 11.1 Å². The third-order valence-corrected chi connectivity index (χ3v) is 5.68. The Morgan fingerprint density at radius 3 is 2.07 bits per heavy atom. The van der Waals surface area contributed by atoms with E-state index < -0.39 is 0 Å². The number of hydrazone groups is 1. The molecule has 1 saturated heterocycles. The van der Waals surface area contributed by atoms with Crippen LogP contribution in [0.1, 0.15) is 22.7 Å². The molecule has 0 amide bonds. The zero-order valence-electron chi connectivity index (χ0n) is 15.6. The van der Waals surface area contributed by atoms with Crippen molar-refractivity contribution in [3.05, 3.63) is 95.3 Å². The van der Waals surface area contributed by atoms with E-state index in [4.69, 9.17) is 0 Å². The molecule has 0 atom stereocenters. The molecule has 0 aromatic heterocycles. The van der Waals surface area contributed by atoms with Gasteiger partial charge in [0.15, 0.2) is 0 Å². The molecule has 0 N–H and O–H groups in total. The molecule has 2 aliphatic rings. The molecule has 1 aliphatic carbocycles. The Morgan fingerprint density at radius 1 is 0.786 bits per heavy atom. The molecule has 4 heteroatoms. The highest BCUT2D eigenvalue weighted by Crippen LogP contribution is 2.46. The van der Waals surface area contributed by atoms with Crippen molar-refractivity contribution in [3.8, 4) is 11.1 Å². The first-order valence-corrected chi connectivity index (χ1v) is 9.76. The van der Waals surface area contributed by atoms with Crippen LogP contribution in [-0.4, -0.2) is 42.3 Å². The van der Waals surface area contributed by atoms with E-state index in [1.54, 1.807) is 12.3 Å². The number of piperazine rings is 1. The van der Waals surface area contributed by atoms with Gasteiger partial charge in [0, 0.05) is 26.2 Å². The van der Waals surface area contributed by atoms with Gasteiger partial charge in [-0.25, -0.2) is 4.39 Å². The maximum Gasteiger partial charge on any atom is 0.123 e. The fourth-order valence-corrected chi connectivity index (χ4v) is 4.34. The molecular formula is C24H22FN3. The molecule has 3 aromatic carbocycles. The van der Waals surface area contributed by atoms with Gasteiger partial charge in [-0.15, -0.1) is 0 Å². The second-order valence-electron chi connectivity index (χ2n) is 7.37. The summed E-state index contributed by atoms with van der Waals surface area (Å²) in [6.07, 6.45) is 1.75. The van der Waals surface area contributed by atoms with E-state index in [2.05, 4.69) is 63.5 Å². The quantitative estimate of drug-likeness (QED) is 0.629. The lowest BCUT2D eigenvalue weighted by atomic mass is 10.0. The Hall–Kier alpha value is -2.98. The highest BCUT2D eigenvalue weighted by molar-refractivity contribution is 5.79. The van der Waals surface area contributed by atoms with E-state index in [9.17, 15) is 4.39 Å². The van der Waals surface area contributed by atoms with Crippen LogP contribution in [0, 0.1) is 5.82 Å². The normalized spacial score (nSPS) is 17.1. The minimum atomic E-state index is -0.229. The summed E-state index contributed by atoms with van der Waals surface area (Å²) < 4.78 is 13.3. The summed E-state index contributed by atoms with van der Waals surface area (Å²) in [4.78, 5) is 2.55. The van der Waals surface area contributed by atoms with Crippen molar-refractivity contribution in [2.24, 2.45) is 5.10 Å². The standard InChI is InChI=1S/C24H22FN3/c25-19-7-5-6-18(16-19)17-26-28-14-12-27(13-15-28)24-22-10-3-1-8-20(22)21-9-2-4-11-23(21)24/h1-11,16-17,24H,12-15H2. The zero-order chi connectivity index (χ0) is 18.9. The minimum Gasteiger partial charge on any atom is -0.294 e. The van der Waals surface area contributed by atoms with Gasteiger partial charge < -0.3 is 0 Å². The molecule has 1 fully saturated rings. The molecular weight excluding hydrogens is 349 g/mol. The van der Waals surface area contributed by atoms with Gasteiger partial charge in [-0.2, -0.15) is 5.10 Å².